The van der Waals surface area contributed by atoms with Crippen LogP contribution in [0.4, 0.5) is 5.69 Å². The van der Waals surface area contributed by atoms with E-state index in [1.54, 1.807) is 41.9 Å². The lowest BCUT2D eigenvalue weighted by molar-refractivity contribution is -0.111. The zero-order valence-electron chi connectivity index (χ0n) is 13.7. The van der Waals surface area contributed by atoms with Crippen LogP contribution in [0.2, 0.25) is 0 Å². The van der Waals surface area contributed by atoms with E-state index < -0.39 is 0 Å². The maximum absolute atomic E-state index is 11.9. The first-order valence-electron chi connectivity index (χ1n) is 7.72. The Hall–Kier alpha value is -2.99. The smallest absolute Gasteiger partial charge is 0.248 e. The Morgan fingerprint density at radius 3 is 2.88 bits per heavy atom. The number of carbonyl (C=O) groups is 1. The van der Waals surface area contributed by atoms with E-state index in [9.17, 15) is 4.79 Å². The third-order valence-corrected chi connectivity index (χ3v) is 4.11. The molecule has 3 aromatic rings. The second-order valence-corrected chi connectivity index (χ2v) is 6.34. The number of ether oxygens (including phenoxy) is 1. The molecule has 25 heavy (non-hydrogen) atoms. The van der Waals surface area contributed by atoms with Crippen LogP contribution in [-0.2, 0) is 11.4 Å². The van der Waals surface area contributed by atoms with Gasteiger partial charge in [-0.1, -0.05) is 12.1 Å². The Labute approximate surface area is 150 Å². The SMILES string of the molecule is Cc1nc(COc2cccc(/C=C/C(=O)Nc3ccncc3)c2)cs1. The fourth-order valence-corrected chi connectivity index (χ4v) is 2.73. The molecule has 5 nitrogen and oxygen atoms in total. The molecule has 1 aromatic carbocycles. The minimum Gasteiger partial charge on any atom is -0.487 e. The predicted molar refractivity (Wildman–Crippen MR) is 99.5 cm³/mol. The lowest BCUT2D eigenvalue weighted by atomic mass is 10.2. The van der Waals surface area contributed by atoms with Crippen LogP contribution >= 0.6 is 11.3 Å². The fraction of sp³-hybridized carbons (Fsp3) is 0.105. The van der Waals surface area contributed by atoms with Gasteiger partial charge in [-0.15, -0.1) is 11.3 Å². The molecule has 2 aromatic heterocycles. The summed E-state index contributed by atoms with van der Waals surface area (Å²) in [5.74, 6) is 0.540. The highest BCUT2D eigenvalue weighted by Gasteiger charge is 2.01. The quantitative estimate of drug-likeness (QED) is 0.680. The number of benzene rings is 1. The number of carbonyl (C=O) groups excluding carboxylic acids is 1. The molecule has 0 saturated heterocycles. The van der Waals surface area contributed by atoms with Crippen LogP contribution in [-0.4, -0.2) is 15.9 Å². The van der Waals surface area contributed by atoms with Crippen LogP contribution in [0.25, 0.3) is 6.08 Å². The van der Waals surface area contributed by atoms with E-state index in [-0.39, 0.29) is 5.91 Å². The monoisotopic (exact) mass is 351 g/mol. The van der Waals surface area contributed by atoms with Crippen molar-refractivity contribution in [1.82, 2.24) is 9.97 Å². The number of amides is 1. The Morgan fingerprint density at radius 2 is 2.12 bits per heavy atom. The van der Waals surface area contributed by atoms with E-state index >= 15 is 0 Å². The second kappa shape index (κ2) is 8.21. The Bertz CT molecular complexity index is 875. The molecule has 2 heterocycles. The summed E-state index contributed by atoms with van der Waals surface area (Å²) in [6.45, 7) is 2.40. The van der Waals surface area contributed by atoms with E-state index in [4.69, 9.17) is 4.74 Å². The molecule has 0 unspecified atom stereocenters. The number of thiazole rings is 1. The number of nitrogens with zero attached hydrogens (tertiary/aromatic N) is 2. The van der Waals surface area contributed by atoms with E-state index in [2.05, 4.69) is 15.3 Å². The lowest BCUT2D eigenvalue weighted by Gasteiger charge is -2.05. The average Bonchev–Trinajstić information content (AvgIpc) is 3.05. The van der Waals surface area contributed by atoms with Crippen molar-refractivity contribution >= 4 is 29.0 Å². The van der Waals surface area contributed by atoms with Gasteiger partial charge in [-0.05, 0) is 42.8 Å². The highest BCUT2D eigenvalue weighted by atomic mass is 32.1. The number of hydrogen-bond donors (Lipinski definition) is 1. The van der Waals surface area contributed by atoms with Gasteiger partial charge in [-0.2, -0.15) is 0 Å². The molecular weight excluding hydrogens is 334 g/mol. The molecule has 0 bridgehead atoms. The van der Waals surface area contributed by atoms with Gasteiger partial charge < -0.3 is 10.1 Å². The second-order valence-electron chi connectivity index (χ2n) is 5.28. The van der Waals surface area contributed by atoms with Gasteiger partial charge in [0, 0.05) is 29.5 Å². The van der Waals surface area contributed by atoms with Crippen molar-refractivity contribution in [2.45, 2.75) is 13.5 Å². The van der Waals surface area contributed by atoms with Gasteiger partial charge in [0.15, 0.2) is 0 Å². The standard InChI is InChI=1S/C19H17N3O2S/c1-14-21-17(13-25-14)12-24-18-4-2-3-15(11-18)5-6-19(23)22-16-7-9-20-10-8-16/h2-11,13H,12H2,1H3,(H,20,22,23)/b6-5+. The third kappa shape index (κ3) is 5.26. The van der Waals surface area contributed by atoms with E-state index in [0.29, 0.717) is 12.3 Å². The molecule has 0 spiro atoms. The molecular formula is C19H17N3O2S. The molecule has 0 saturated carbocycles. The first-order chi connectivity index (χ1) is 12.2. The molecule has 3 rings (SSSR count). The van der Waals surface area contributed by atoms with Crippen molar-refractivity contribution in [3.63, 3.8) is 0 Å². The van der Waals surface area contributed by atoms with Crippen LogP contribution in [0.5, 0.6) is 5.75 Å². The summed E-state index contributed by atoms with van der Waals surface area (Å²) in [6.07, 6.45) is 6.49. The van der Waals surface area contributed by atoms with E-state index in [0.717, 1.165) is 22.0 Å². The minimum atomic E-state index is -0.199. The molecule has 1 N–H and O–H groups in total. The van der Waals surface area contributed by atoms with Gasteiger partial charge in [0.25, 0.3) is 0 Å². The summed E-state index contributed by atoms with van der Waals surface area (Å²) in [6, 6.07) is 11.0. The predicted octanol–water partition coefficient (Wildman–Crippen LogP) is 4.08. The molecule has 0 aliphatic carbocycles. The molecule has 126 valence electrons. The van der Waals surface area contributed by atoms with E-state index in [1.165, 1.54) is 6.08 Å². The Morgan fingerprint density at radius 1 is 1.28 bits per heavy atom. The number of aryl methyl sites for hydroxylation is 1. The van der Waals surface area contributed by atoms with Crippen molar-refractivity contribution in [1.29, 1.82) is 0 Å². The Balaban J connectivity index is 1.58. The third-order valence-electron chi connectivity index (χ3n) is 3.29. The van der Waals surface area contributed by atoms with Gasteiger partial charge >= 0.3 is 0 Å². The maximum atomic E-state index is 11.9. The number of aromatic nitrogens is 2. The molecule has 6 heteroatoms. The number of pyridine rings is 1. The maximum Gasteiger partial charge on any atom is 0.248 e. The highest BCUT2D eigenvalue weighted by molar-refractivity contribution is 7.09. The summed E-state index contributed by atoms with van der Waals surface area (Å²) in [5, 5.41) is 5.78. The summed E-state index contributed by atoms with van der Waals surface area (Å²) in [7, 11) is 0. The number of hydrogen-bond acceptors (Lipinski definition) is 5. The van der Waals surface area contributed by atoms with Crippen molar-refractivity contribution in [3.05, 3.63) is 76.5 Å². The van der Waals surface area contributed by atoms with Crippen LogP contribution < -0.4 is 10.1 Å². The number of anilines is 1. The molecule has 0 radical (unpaired) electrons. The largest absolute Gasteiger partial charge is 0.487 e. The van der Waals surface area contributed by atoms with Crippen LogP contribution in [0.15, 0.2) is 60.2 Å². The Kier molecular flexibility index (Phi) is 5.53. The van der Waals surface area contributed by atoms with Gasteiger partial charge in [0.1, 0.15) is 12.4 Å². The molecule has 0 atom stereocenters. The van der Waals surface area contributed by atoms with Crippen LogP contribution in [0, 0.1) is 6.92 Å². The van der Waals surface area contributed by atoms with Crippen LogP contribution in [0.1, 0.15) is 16.3 Å². The summed E-state index contributed by atoms with van der Waals surface area (Å²) in [5.41, 5.74) is 2.51. The first kappa shape index (κ1) is 16.9. The van der Waals surface area contributed by atoms with E-state index in [1.807, 2.05) is 36.6 Å². The zero-order chi connectivity index (χ0) is 17.5. The van der Waals surface area contributed by atoms with Crippen molar-refractivity contribution in [2.24, 2.45) is 0 Å². The average molecular weight is 351 g/mol. The molecule has 1 amide bonds. The van der Waals surface area contributed by atoms with Crippen molar-refractivity contribution in [2.75, 3.05) is 5.32 Å². The van der Waals surface area contributed by atoms with Gasteiger partial charge in [0.2, 0.25) is 5.91 Å². The lowest BCUT2D eigenvalue weighted by Crippen LogP contribution is -2.07. The number of nitrogens with one attached hydrogen (secondary N) is 1. The normalized spacial score (nSPS) is 10.8. The molecule has 0 fully saturated rings. The van der Waals surface area contributed by atoms with Gasteiger partial charge in [0.05, 0.1) is 10.7 Å². The van der Waals surface area contributed by atoms with Crippen molar-refractivity contribution < 1.29 is 9.53 Å². The van der Waals surface area contributed by atoms with Crippen molar-refractivity contribution in [3.8, 4) is 5.75 Å². The first-order valence-corrected chi connectivity index (χ1v) is 8.60. The zero-order valence-corrected chi connectivity index (χ0v) is 14.5. The summed E-state index contributed by atoms with van der Waals surface area (Å²) in [4.78, 5) is 20.2. The topological polar surface area (TPSA) is 64.1 Å². The minimum absolute atomic E-state index is 0.199. The highest BCUT2D eigenvalue weighted by Crippen LogP contribution is 2.17. The molecule has 0 aliphatic heterocycles. The molecule has 0 aliphatic rings. The van der Waals surface area contributed by atoms with Gasteiger partial charge in [-0.25, -0.2) is 4.98 Å². The van der Waals surface area contributed by atoms with Crippen LogP contribution in [0.3, 0.4) is 0 Å². The summed E-state index contributed by atoms with van der Waals surface area (Å²) < 4.78 is 5.75. The van der Waals surface area contributed by atoms with Gasteiger partial charge in [-0.3, -0.25) is 9.78 Å². The number of rotatable bonds is 6. The fourth-order valence-electron chi connectivity index (χ4n) is 2.13. The summed E-state index contributed by atoms with van der Waals surface area (Å²) >= 11 is 1.60.